The van der Waals surface area contributed by atoms with Crippen molar-refractivity contribution < 1.29 is 14.2 Å². The fourth-order valence-electron chi connectivity index (χ4n) is 2.84. The normalized spacial score (nSPS) is 20.2. The van der Waals surface area contributed by atoms with Gasteiger partial charge in [-0.25, -0.2) is 4.39 Å². The van der Waals surface area contributed by atoms with Crippen LogP contribution in [0.2, 0.25) is 5.02 Å². The highest BCUT2D eigenvalue weighted by Crippen LogP contribution is 2.31. The predicted molar refractivity (Wildman–Crippen MR) is 109 cm³/mol. The van der Waals surface area contributed by atoms with Gasteiger partial charge in [0, 0.05) is 43.8 Å². The summed E-state index contributed by atoms with van der Waals surface area (Å²) in [5.74, 6) is 0.361. The zero-order valence-electron chi connectivity index (χ0n) is 14.4. The quantitative estimate of drug-likeness (QED) is 0.316. The topological polar surface area (TPSA) is 65.9 Å². The molecule has 5 nitrogen and oxygen atoms in total. The van der Waals surface area contributed by atoms with Crippen LogP contribution in [0.5, 0.6) is 0 Å². The summed E-state index contributed by atoms with van der Waals surface area (Å²) in [6.45, 7) is 2.87. The second-order valence-electron chi connectivity index (χ2n) is 6.11. The van der Waals surface area contributed by atoms with E-state index in [9.17, 15) is 9.50 Å². The van der Waals surface area contributed by atoms with Crippen molar-refractivity contribution in [2.24, 2.45) is 10.4 Å². The minimum Gasteiger partial charge on any atom is -0.396 e. The van der Waals surface area contributed by atoms with Gasteiger partial charge in [-0.15, -0.1) is 24.0 Å². The third-order valence-electron chi connectivity index (χ3n) is 4.38. The molecule has 0 saturated carbocycles. The number of hydrogen-bond acceptors (Lipinski definition) is 3. The van der Waals surface area contributed by atoms with Crippen molar-refractivity contribution >= 4 is 41.5 Å². The molecule has 25 heavy (non-hydrogen) atoms. The predicted octanol–water partition coefficient (Wildman–Crippen LogP) is 2.59. The maximum Gasteiger partial charge on any atom is 0.191 e. The van der Waals surface area contributed by atoms with Crippen LogP contribution in [0.3, 0.4) is 0 Å². The van der Waals surface area contributed by atoms with Gasteiger partial charge in [0.2, 0.25) is 0 Å². The lowest BCUT2D eigenvalue weighted by Crippen LogP contribution is -2.45. The van der Waals surface area contributed by atoms with Crippen molar-refractivity contribution in [3.63, 3.8) is 0 Å². The van der Waals surface area contributed by atoms with E-state index in [1.807, 2.05) is 0 Å². The van der Waals surface area contributed by atoms with E-state index in [4.69, 9.17) is 16.3 Å². The average molecular weight is 486 g/mol. The number of benzene rings is 1. The number of nitrogens with zero attached hydrogens (tertiary/aromatic N) is 1. The second kappa shape index (κ2) is 11.2. The lowest BCUT2D eigenvalue weighted by atomic mass is 9.84. The number of hydrogen-bond donors (Lipinski definition) is 3. The van der Waals surface area contributed by atoms with E-state index in [-0.39, 0.29) is 41.8 Å². The molecule has 1 aliphatic rings. The fraction of sp³-hybridized carbons (Fsp3) is 0.588. The Morgan fingerprint density at radius 1 is 1.44 bits per heavy atom. The van der Waals surface area contributed by atoms with Gasteiger partial charge in [0.25, 0.3) is 0 Å². The highest BCUT2D eigenvalue weighted by Gasteiger charge is 2.34. The van der Waals surface area contributed by atoms with Crippen LogP contribution < -0.4 is 10.6 Å². The van der Waals surface area contributed by atoms with Crippen LogP contribution in [0.25, 0.3) is 0 Å². The summed E-state index contributed by atoms with van der Waals surface area (Å²) in [4.78, 5) is 4.21. The standard InChI is InChI=1S/C17H25ClFN3O2.HI/c1-20-16(22-11-17(5-8-23)6-9-24-12-17)21-7-4-13-2-3-14(19)10-15(13)18;/h2-3,10,23H,4-9,11-12H2,1H3,(H2,20,21,22);1H. The van der Waals surface area contributed by atoms with Crippen molar-refractivity contribution in [2.45, 2.75) is 19.3 Å². The highest BCUT2D eigenvalue weighted by atomic mass is 127. The fourth-order valence-corrected chi connectivity index (χ4v) is 3.11. The molecule has 1 heterocycles. The minimum absolute atomic E-state index is 0. The number of aliphatic hydroxyl groups excluding tert-OH is 1. The highest BCUT2D eigenvalue weighted by molar-refractivity contribution is 14.0. The summed E-state index contributed by atoms with van der Waals surface area (Å²) >= 11 is 6.03. The molecule has 1 aromatic carbocycles. The molecule has 1 aromatic rings. The van der Waals surface area contributed by atoms with E-state index in [1.54, 1.807) is 13.1 Å². The Labute approximate surface area is 170 Å². The summed E-state index contributed by atoms with van der Waals surface area (Å²) in [5, 5.41) is 16.2. The molecule has 1 aliphatic heterocycles. The number of aliphatic hydroxyl groups is 1. The van der Waals surface area contributed by atoms with E-state index < -0.39 is 0 Å². The molecule has 0 radical (unpaired) electrons. The van der Waals surface area contributed by atoms with Gasteiger partial charge in [-0.1, -0.05) is 17.7 Å². The number of rotatable bonds is 7. The summed E-state index contributed by atoms with van der Waals surface area (Å²) in [5.41, 5.74) is 0.856. The van der Waals surface area contributed by atoms with Crippen LogP contribution in [-0.4, -0.2) is 51.0 Å². The largest absolute Gasteiger partial charge is 0.396 e. The van der Waals surface area contributed by atoms with Crippen molar-refractivity contribution in [2.75, 3.05) is 40.0 Å². The van der Waals surface area contributed by atoms with E-state index in [0.29, 0.717) is 43.5 Å². The summed E-state index contributed by atoms with van der Waals surface area (Å²) in [6, 6.07) is 4.43. The van der Waals surface area contributed by atoms with Crippen LogP contribution in [0.1, 0.15) is 18.4 Å². The van der Waals surface area contributed by atoms with Gasteiger partial charge in [-0.05, 0) is 37.0 Å². The molecule has 0 bridgehead atoms. The monoisotopic (exact) mass is 485 g/mol. The molecule has 1 unspecified atom stereocenters. The number of halogens is 3. The zero-order valence-corrected chi connectivity index (χ0v) is 17.4. The molecule has 0 spiro atoms. The molecule has 3 N–H and O–H groups in total. The average Bonchev–Trinajstić information content (AvgIpc) is 3.02. The van der Waals surface area contributed by atoms with E-state index in [2.05, 4.69) is 15.6 Å². The van der Waals surface area contributed by atoms with Crippen molar-refractivity contribution in [3.05, 3.63) is 34.6 Å². The molecular formula is C17H26ClFIN3O2. The number of nitrogens with one attached hydrogen (secondary N) is 2. The lowest BCUT2D eigenvalue weighted by molar-refractivity contribution is 0.127. The van der Waals surface area contributed by atoms with Crippen LogP contribution in [0.15, 0.2) is 23.2 Å². The van der Waals surface area contributed by atoms with Gasteiger partial charge in [-0.2, -0.15) is 0 Å². The Balaban J connectivity index is 0.00000312. The molecule has 142 valence electrons. The van der Waals surface area contributed by atoms with Crippen molar-refractivity contribution in [3.8, 4) is 0 Å². The second-order valence-corrected chi connectivity index (χ2v) is 6.52. The van der Waals surface area contributed by atoms with Gasteiger partial charge in [-0.3, -0.25) is 4.99 Å². The molecule has 1 fully saturated rings. The Morgan fingerprint density at radius 3 is 2.84 bits per heavy atom. The third-order valence-corrected chi connectivity index (χ3v) is 4.74. The van der Waals surface area contributed by atoms with Gasteiger partial charge < -0.3 is 20.5 Å². The Hall–Kier alpha value is -0.640. The first-order chi connectivity index (χ1) is 11.6. The van der Waals surface area contributed by atoms with Crippen LogP contribution >= 0.6 is 35.6 Å². The number of aliphatic imine (C=N–C) groups is 1. The minimum atomic E-state index is -0.331. The summed E-state index contributed by atoms with van der Waals surface area (Å²) in [7, 11) is 1.71. The maximum absolute atomic E-state index is 13.0. The first kappa shape index (κ1) is 22.4. The molecule has 0 aliphatic carbocycles. The molecule has 0 amide bonds. The van der Waals surface area contributed by atoms with Gasteiger partial charge >= 0.3 is 0 Å². The first-order valence-corrected chi connectivity index (χ1v) is 8.53. The van der Waals surface area contributed by atoms with E-state index in [1.165, 1.54) is 12.1 Å². The summed E-state index contributed by atoms with van der Waals surface area (Å²) in [6.07, 6.45) is 2.32. The number of ether oxygens (including phenoxy) is 1. The van der Waals surface area contributed by atoms with Crippen LogP contribution in [-0.2, 0) is 11.2 Å². The molecule has 0 aromatic heterocycles. The van der Waals surface area contributed by atoms with E-state index >= 15 is 0 Å². The van der Waals surface area contributed by atoms with Gasteiger partial charge in [0.1, 0.15) is 5.82 Å². The lowest BCUT2D eigenvalue weighted by Gasteiger charge is -2.27. The SMILES string of the molecule is CN=C(NCCc1ccc(F)cc1Cl)NCC1(CCO)CCOC1.I. The van der Waals surface area contributed by atoms with Gasteiger partial charge in [0.15, 0.2) is 5.96 Å². The molecule has 1 atom stereocenters. The number of guanidine groups is 1. The van der Waals surface area contributed by atoms with Crippen LogP contribution in [0.4, 0.5) is 4.39 Å². The van der Waals surface area contributed by atoms with Crippen molar-refractivity contribution in [1.29, 1.82) is 0 Å². The zero-order chi connectivity index (χ0) is 17.4. The molecule has 8 heteroatoms. The summed E-state index contributed by atoms with van der Waals surface area (Å²) < 4.78 is 18.5. The smallest absolute Gasteiger partial charge is 0.191 e. The Kier molecular flexibility index (Phi) is 9.99. The molecule has 1 saturated heterocycles. The Bertz CT molecular complexity index is 569. The van der Waals surface area contributed by atoms with Gasteiger partial charge in [0.05, 0.1) is 6.61 Å². The van der Waals surface area contributed by atoms with E-state index in [0.717, 1.165) is 18.6 Å². The third kappa shape index (κ3) is 6.88. The molecule has 2 rings (SSSR count). The van der Waals surface area contributed by atoms with Crippen molar-refractivity contribution in [1.82, 2.24) is 10.6 Å². The molecular weight excluding hydrogens is 460 g/mol. The Morgan fingerprint density at radius 2 is 2.24 bits per heavy atom. The van der Waals surface area contributed by atoms with Crippen LogP contribution in [0, 0.1) is 11.2 Å². The first-order valence-electron chi connectivity index (χ1n) is 8.16. The maximum atomic E-state index is 13.0.